The Bertz CT molecular complexity index is 306. The van der Waals surface area contributed by atoms with Gasteiger partial charge in [-0.2, -0.15) is 0 Å². The Hall–Kier alpha value is -0.410. The molecule has 82 valence electrons. The summed E-state index contributed by atoms with van der Waals surface area (Å²) in [5.41, 5.74) is 7.20. The minimum Gasteiger partial charge on any atom is -0.327 e. The second-order valence-electron chi connectivity index (χ2n) is 4.46. The van der Waals surface area contributed by atoms with Crippen molar-refractivity contribution in [3.05, 3.63) is 28.5 Å². The predicted octanol–water partition coefficient (Wildman–Crippen LogP) is 2.90. The van der Waals surface area contributed by atoms with Crippen LogP contribution in [0.2, 0.25) is 0 Å². The van der Waals surface area contributed by atoms with E-state index in [4.69, 9.17) is 5.73 Å². The molecule has 0 saturated heterocycles. The number of aromatic nitrogens is 1. The van der Waals surface area contributed by atoms with Crippen LogP contribution >= 0.6 is 15.9 Å². The third kappa shape index (κ3) is 3.28. The van der Waals surface area contributed by atoms with Crippen LogP contribution in [0.25, 0.3) is 0 Å². The van der Waals surface area contributed by atoms with E-state index in [1.807, 2.05) is 18.3 Å². The van der Waals surface area contributed by atoms with E-state index in [0.29, 0.717) is 0 Å². The number of nitrogens with two attached hydrogens (primary N) is 1. The van der Waals surface area contributed by atoms with Crippen LogP contribution in [0, 0.1) is 5.92 Å². The molecule has 1 aromatic rings. The molecule has 1 unspecified atom stereocenters. The molecule has 2 N–H and O–H groups in total. The molecule has 1 aliphatic rings. The Balaban J connectivity index is 1.82. The molecule has 0 aromatic carbocycles. The average Bonchev–Trinajstić information content (AvgIpc) is 2.16. The lowest BCUT2D eigenvalue weighted by Crippen LogP contribution is -2.28. The van der Waals surface area contributed by atoms with Crippen LogP contribution in [0.5, 0.6) is 0 Å². The van der Waals surface area contributed by atoms with Crippen molar-refractivity contribution in [2.75, 3.05) is 0 Å². The monoisotopic (exact) mass is 268 g/mol. The number of pyridine rings is 1. The minimum atomic E-state index is 0.281. The van der Waals surface area contributed by atoms with Gasteiger partial charge in [0.05, 0.1) is 0 Å². The van der Waals surface area contributed by atoms with E-state index >= 15 is 0 Å². The van der Waals surface area contributed by atoms with E-state index in [1.165, 1.54) is 19.3 Å². The second-order valence-corrected chi connectivity index (χ2v) is 5.38. The first-order valence-corrected chi connectivity index (χ1v) is 6.39. The Morgan fingerprint density at radius 3 is 2.80 bits per heavy atom. The van der Waals surface area contributed by atoms with Crippen LogP contribution in [-0.2, 0) is 6.42 Å². The highest BCUT2D eigenvalue weighted by Crippen LogP contribution is 2.30. The highest BCUT2D eigenvalue weighted by atomic mass is 79.9. The summed E-state index contributed by atoms with van der Waals surface area (Å²) in [7, 11) is 0. The van der Waals surface area contributed by atoms with Crippen LogP contribution in [-0.4, -0.2) is 11.0 Å². The molecule has 1 aromatic heterocycles. The second kappa shape index (κ2) is 5.08. The van der Waals surface area contributed by atoms with Crippen LogP contribution in [0.3, 0.4) is 0 Å². The van der Waals surface area contributed by atoms with Crippen molar-refractivity contribution in [2.45, 2.75) is 38.1 Å². The molecule has 0 bridgehead atoms. The Morgan fingerprint density at radius 1 is 1.47 bits per heavy atom. The summed E-state index contributed by atoms with van der Waals surface area (Å²) in [6, 6.07) is 4.35. The van der Waals surface area contributed by atoms with Crippen LogP contribution in [0.15, 0.2) is 22.8 Å². The van der Waals surface area contributed by atoms with Gasteiger partial charge in [-0.05, 0) is 40.4 Å². The van der Waals surface area contributed by atoms with E-state index in [2.05, 4.69) is 20.9 Å². The summed E-state index contributed by atoms with van der Waals surface area (Å²) in [5, 5.41) is 0. The van der Waals surface area contributed by atoms with Gasteiger partial charge in [0, 0.05) is 28.8 Å². The standard InChI is InChI=1S/C12H17BrN2/c13-10-4-5-12(15-8-10)7-11(14)6-9-2-1-3-9/h4-5,8-9,11H,1-3,6-7,14H2. The lowest BCUT2D eigenvalue weighted by Gasteiger charge is -2.27. The molecule has 2 rings (SSSR count). The largest absolute Gasteiger partial charge is 0.327 e. The van der Waals surface area contributed by atoms with Gasteiger partial charge in [0.25, 0.3) is 0 Å². The molecule has 0 spiro atoms. The van der Waals surface area contributed by atoms with Gasteiger partial charge >= 0.3 is 0 Å². The quantitative estimate of drug-likeness (QED) is 0.912. The molecule has 1 heterocycles. The first-order valence-electron chi connectivity index (χ1n) is 5.60. The van der Waals surface area contributed by atoms with E-state index in [1.54, 1.807) is 0 Å². The van der Waals surface area contributed by atoms with Crippen molar-refractivity contribution in [2.24, 2.45) is 11.7 Å². The maximum Gasteiger partial charge on any atom is 0.0419 e. The van der Waals surface area contributed by atoms with Gasteiger partial charge in [-0.3, -0.25) is 4.98 Å². The van der Waals surface area contributed by atoms with Crippen LogP contribution in [0.4, 0.5) is 0 Å². The zero-order valence-corrected chi connectivity index (χ0v) is 10.4. The van der Waals surface area contributed by atoms with Crippen molar-refractivity contribution in [1.82, 2.24) is 4.98 Å². The molecule has 0 aliphatic heterocycles. The van der Waals surface area contributed by atoms with Gasteiger partial charge in [-0.15, -0.1) is 0 Å². The van der Waals surface area contributed by atoms with Gasteiger partial charge in [0.1, 0.15) is 0 Å². The summed E-state index contributed by atoms with van der Waals surface area (Å²) < 4.78 is 1.03. The fraction of sp³-hybridized carbons (Fsp3) is 0.583. The van der Waals surface area contributed by atoms with Crippen molar-refractivity contribution in [1.29, 1.82) is 0 Å². The third-order valence-corrected chi connectivity index (χ3v) is 3.59. The van der Waals surface area contributed by atoms with Crippen LogP contribution in [0.1, 0.15) is 31.4 Å². The van der Waals surface area contributed by atoms with Gasteiger partial charge in [-0.25, -0.2) is 0 Å². The zero-order chi connectivity index (χ0) is 10.7. The summed E-state index contributed by atoms with van der Waals surface area (Å²) in [6.45, 7) is 0. The normalized spacial score (nSPS) is 18.5. The lowest BCUT2D eigenvalue weighted by molar-refractivity contribution is 0.275. The minimum absolute atomic E-state index is 0.281. The highest BCUT2D eigenvalue weighted by Gasteiger charge is 2.20. The van der Waals surface area contributed by atoms with Gasteiger partial charge in [0.2, 0.25) is 0 Å². The number of rotatable bonds is 4. The highest BCUT2D eigenvalue weighted by molar-refractivity contribution is 9.10. The van der Waals surface area contributed by atoms with Crippen molar-refractivity contribution in [3.63, 3.8) is 0 Å². The van der Waals surface area contributed by atoms with Crippen LogP contribution < -0.4 is 5.73 Å². The summed E-state index contributed by atoms with van der Waals surface area (Å²) in [4.78, 5) is 4.34. The topological polar surface area (TPSA) is 38.9 Å². The molecular weight excluding hydrogens is 252 g/mol. The molecule has 1 saturated carbocycles. The molecule has 1 aliphatic carbocycles. The SMILES string of the molecule is NC(Cc1ccc(Br)cn1)CC1CCC1. The number of hydrogen-bond donors (Lipinski definition) is 1. The Labute approximate surface area is 99.4 Å². The average molecular weight is 269 g/mol. The van der Waals surface area contributed by atoms with E-state index in [9.17, 15) is 0 Å². The molecular formula is C12H17BrN2. The van der Waals surface area contributed by atoms with E-state index in [0.717, 1.165) is 28.9 Å². The van der Waals surface area contributed by atoms with E-state index < -0.39 is 0 Å². The van der Waals surface area contributed by atoms with Crippen molar-refractivity contribution >= 4 is 15.9 Å². The number of nitrogens with zero attached hydrogens (tertiary/aromatic N) is 1. The summed E-state index contributed by atoms with van der Waals surface area (Å²) in [5.74, 6) is 0.885. The molecule has 1 fully saturated rings. The van der Waals surface area contributed by atoms with Gasteiger partial charge < -0.3 is 5.73 Å². The molecule has 3 heteroatoms. The fourth-order valence-corrected chi connectivity index (χ4v) is 2.27. The fourth-order valence-electron chi connectivity index (χ4n) is 2.04. The number of halogens is 1. The Morgan fingerprint density at radius 2 is 2.27 bits per heavy atom. The zero-order valence-electron chi connectivity index (χ0n) is 8.82. The lowest BCUT2D eigenvalue weighted by atomic mass is 9.80. The molecule has 15 heavy (non-hydrogen) atoms. The predicted molar refractivity (Wildman–Crippen MR) is 65.6 cm³/mol. The maximum atomic E-state index is 6.10. The third-order valence-electron chi connectivity index (χ3n) is 3.12. The molecule has 0 radical (unpaired) electrons. The summed E-state index contributed by atoms with van der Waals surface area (Å²) >= 11 is 3.38. The van der Waals surface area contributed by atoms with E-state index in [-0.39, 0.29) is 6.04 Å². The van der Waals surface area contributed by atoms with Crippen molar-refractivity contribution < 1.29 is 0 Å². The summed E-state index contributed by atoms with van der Waals surface area (Å²) in [6.07, 6.45) is 8.06. The molecule has 1 atom stereocenters. The van der Waals surface area contributed by atoms with Gasteiger partial charge in [0.15, 0.2) is 0 Å². The van der Waals surface area contributed by atoms with Gasteiger partial charge in [-0.1, -0.05) is 19.3 Å². The molecule has 2 nitrogen and oxygen atoms in total. The maximum absolute atomic E-state index is 6.10. The first-order chi connectivity index (χ1) is 7.24. The number of hydrogen-bond acceptors (Lipinski definition) is 2. The Kier molecular flexibility index (Phi) is 3.76. The van der Waals surface area contributed by atoms with Crippen molar-refractivity contribution in [3.8, 4) is 0 Å². The molecule has 0 amide bonds. The smallest absolute Gasteiger partial charge is 0.0419 e. The first kappa shape index (κ1) is 11.1.